The van der Waals surface area contributed by atoms with Crippen molar-refractivity contribution >= 4 is 45.2 Å². The standard InChI is InChI=1S/C16H8N2O4S2.C5H5N/c19-13-7-3-1-5-9(11(7)15(21)17-13)23-24-10-6-2-4-8-12(10)16(22)18-14(8)20;1-2-4-6-5-3-1/h1-6H,(H,17,19,21)(H,18,20,22);1-5H. The van der Waals surface area contributed by atoms with Gasteiger partial charge in [-0.2, -0.15) is 0 Å². The highest BCUT2D eigenvalue weighted by Crippen LogP contribution is 2.43. The highest BCUT2D eigenvalue weighted by Gasteiger charge is 2.31. The first-order chi connectivity index (χ1) is 14.6. The van der Waals surface area contributed by atoms with Crippen molar-refractivity contribution in [2.45, 2.75) is 9.79 Å². The van der Waals surface area contributed by atoms with Crippen molar-refractivity contribution in [1.82, 2.24) is 15.6 Å². The predicted molar refractivity (Wildman–Crippen MR) is 112 cm³/mol. The van der Waals surface area contributed by atoms with E-state index in [4.69, 9.17) is 0 Å². The molecule has 4 amide bonds. The molecule has 2 aliphatic rings. The summed E-state index contributed by atoms with van der Waals surface area (Å²) in [5, 5.41) is 4.53. The normalized spacial score (nSPS) is 13.7. The Bertz CT molecular complexity index is 1080. The number of carbonyl (C=O) groups is 4. The summed E-state index contributed by atoms with van der Waals surface area (Å²) in [6.07, 6.45) is 3.50. The van der Waals surface area contributed by atoms with E-state index in [0.29, 0.717) is 32.0 Å². The Kier molecular flexibility index (Phi) is 5.64. The first-order valence-electron chi connectivity index (χ1n) is 8.73. The number of aromatic nitrogens is 1. The van der Waals surface area contributed by atoms with Gasteiger partial charge in [-0.25, -0.2) is 0 Å². The predicted octanol–water partition coefficient (Wildman–Crippen LogP) is 3.33. The topological polar surface area (TPSA) is 105 Å². The molecule has 3 heterocycles. The number of fused-ring (bicyclic) bond motifs is 2. The number of hydrogen-bond acceptors (Lipinski definition) is 7. The molecule has 0 saturated carbocycles. The fourth-order valence-electron chi connectivity index (χ4n) is 2.92. The molecule has 9 heteroatoms. The van der Waals surface area contributed by atoms with Crippen molar-refractivity contribution in [3.63, 3.8) is 0 Å². The van der Waals surface area contributed by atoms with Gasteiger partial charge in [-0.15, -0.1) is 0 Å². The molecule has 148 valence electrons. The summed E-state index contributed by atoms with van der Waals surface area (Å²) in [5.74, 6) is -1.67. The van der Waals surface area contributed by atoms with Gasteiger partial charge in [-0.05, 0) is 36.4 Å². The number of rotatable bonds is 3. The van der Waals surface area contributed by atoms with E-state index in [1.165, 1.54) is 21.6 Å². The highest BCUT2D eigenvalue weighted by molar-refractivity contribution is 8.76. The molecule has 0 saturated heterocycles. The average molecular weight is 435 g/mol. The van der Waals surface area contributed by atoms with Crippen LogP contribution in [0, 0.1) is 0 Å². The minimum absolute atomic E-state index is 0.341. The quantitative estimate of drug-likeness (QED) is 0.480. The zero-order valence-corrected chi connectivity index (χ0v) is 16.9. The van der Waals surface area contributed by atoms with Crippen molar-refractivity contribution in [2.75, 3.05) is 0 Å². The van der Waals surface area contributed by atoms with Crippen LogP contribution in [0.2, 0.25) is 0 Å². The number of amides is 4. The average Bonchev–Trinajstić information content (AvgIpc) is 3.24. The number of pyridine rings is 1. The van der Waals surface area contributed by atoms with Gasteiger partial charge in [0.25, 0.3) is 23.6 Å². The Morgan fingerprint density at radius 1 is 0.567 bits per heavy atom. The molecule has 1 aromatic heterocycles. The van der Waals surface area contributed by atoms with E-state index < -0.39 is 23.6 Å². The number of nitrogens with zero attached hydrogens (tertiary/aromatic N) is 1. The summed E-state index contributed by atoms with van der Waals surface area (Å²) < 4.78 is 0. The van der Waals surface area contributed by atoms with E-state index in [2.05, 4.69) is 15.6 Å². The van der Waals surface area contributed by atoms with E-state index in [1.54, 1.807) is 48.8 Å². The molecule has 0 unspecified atom stereocenters. The third-order valence-corrected chi connectivity index (χ3v) is 6.69. The van der Waals surface area contributed by atoms with Crippen LogP contribution in [0.4, 0.5) is 0 Å². The second kappa shape index (κ2) is 8.52. The SMILES string of the molecule is O=C1NC(=O)c2c(SSc3cccc4c3C(=O)NC4=O)cccc21.c1ccncc1. The largest absolute Gasteiger partial charge is 0.288 e. The monoisotopic (exact) mass is 435 g/mol. The van der Waals surface area contributed by atoms with Gasteiger partial charge >= 0.3 is 0 Å². The smallest absolute Gasteiger partial charge is 0.260 e. The fourth-order valence-corrected chi connectivity index (χ4v) is 5.31. The number of nitrogens with one attached hydrogen (secondary N) is 2. The summed E-state index contributed by atoms with van der Waals surface area (Å²) in [7, 11) is 2.53. The van der Waals surface area contributed by atoms with Gasteiger partial charge in [0.05, 0.1) is 22.3 Å². The van der Waals surface area contributed by atoms with Crippen LogP contribution in [0.5, 0.6) is 0 Å². The first kappa shape index (κ1) is 19.9. The van der Waals surface area contributed by atoms with Gasteiger partial charge in [0, 0.05) is 22.2 Å². The molecular formula is C21H13N3O4S2. The number of carbonyl (C=O) groups excluding carboxylic acids is 4. The third kappa shape index (κ3) is 3.85. The van der Waals surface area contributed by atoms with Crippen LogP contribution >= 0.6 is 21.6 Å². The van der Waals surface area contributed by atoms with Gasteiger partial charge < -0.3 is 0 Å². The zero-order chi connectivity index (χ0) is 21.1. The molecule has 30 heavy (non-hydrogen) atoms. The molecule has 7 nitrogen and oxygen atoms in total. The van der Waals surface area contributed by atoms with E-state index in [9.17, 15) is 19.2 Å². The first-order valence-corrected chi connectivity index (χ1v) is 10.9. The zero-order valence-electron chi connectivity index (χ0n) is 15.2. The number of imide groups is 2. The Balaban J connectivity index is 0.000000313. The molecule has 2 N–H and O–H groups in total. The Labute approximate surface area is 179 Å². The lowest BCUT2D eigenvalue weighted by molar-refractivity contribution is 0.0862. The lowest BCUT2D eigenvalue weighted by Gasteiger charge is -2.07. The fraction of sp³-hybridized carbons (Fsp3) is 0. The van der Waals surface area contributed by atoms with Crippen molar-refractivity contribution < 1.29 is 19.2 Å². The van der Waals surface area contributed by atoms with Gasteiger partial charge in [0.1, 0.15) is 0 Å². The highest BCUT2D eigenvalue weighted by atomic mass is 33.1. The molecule has 0 aliphatic carbocycles. The molecule has 3 aromatic rings. The summed E-state index contributed by atoms with van der Waals surface area (Å²) in [5.41, 5.74) is 1.37. The lowest BCUT2D eigenvalue weighted by Crippen LogP contribution is -2.20. The van der Waals surface area contributed by atoms with Crippen molar-refractivity contribution in [3.8, 4) is 0 Å². The van der Waals surface area contributed by atoms with Gasteiger partial charge in [-0.3, -0.25) is 34.8 Å². The van der Waals surface area contributed by atoms with Crippen LogP contribution in [-0.4, -0.2) is 28.6 Å². The Morgan fingerprint density at radius 2 is 1.03 bits per heavy atom. The Hall–Kier alpha value is -3.43. The minimum Gasteiger partial charge on any atom is -0.288 e. The van der Waals surface area contributed by atoms with Crippen LogP contribution in [0.1, 0.15) is 41.4 Å². The molecule has 0 atom stereocenters. The van der Waals surface area contributed by atoms with Crippen LogP contribution in [-0.2, 0) is 0 Å². The summed E-state index contributed by atoms with van der Waals surface area (Å²) in [6, 6.07) is 15.8. The maximum absolute atomic E-state index is 11.9. The number of hydrogen-bond donors (Lipinski definition) is 2. The molecular weight excluding hydrogens is 422 g/mol. The molecule has 5 rings (SSSR count). The molecule has 0 spiro atoms. The molecule has 0 fully saturated rings. The van der Waals surface area contributed by atoms with Gasteiger partial charge in [0.2, 0.25) is 0 Å². The van der Waals surface area contributed by atoms with E-state index >= 15 is 0 Å². The van der Waals surface area contributed by atoms with Crippen LogP contribution < -0.4 is 10.6 Å². The van der Waals surface area contributed by atoms with E-state index in [-0.39, 0.29) is 0 Å². The summed E-state index contributed by atoms with van der Waals surface area (Å²) in [6.45, 7) is 0. The third-order valence-electron chi connectivity index (χ3n) is 4.24. The van der Waals surface area contributed by atoms with Crippen LogP contribution in [0.3, 0.4) is 0 Å². The van der Waals surface area contributed by atoms with Gasteiger partial charge in [0.15, 0.2) is 0 Å². The van der Waals surface area contributed by atoms with Crippen LogP contribution in [0.15, 0.2) is 76.8 Å². The molecule has 0 radical (unpaired) electrons. The summed E-state index contributed by atoms with van der Waals surface area (Å²) >= 11 is 0. The molecule has 2 aromatic carbocycles. The van der Waals surface area contributed by atoms with Crippen molar-refractivity contribution in [1.29, 1.82) is 0 Å². The second-order valence-electron chi connectivity index (χ2n) is 6.12. The van der Waals surface area contributed by atoms with Crippen LogP contribution in [0.25, 0.3) is 0 Å². The van der Waals surface area contributed by atoms with Crippen molar-refractivity contribution in [2.24, 2.45) is 0 Å². The molecule has 2 aliphatic heterocycles. The van der Waals surface area contributed by atoms with E-state index in [0.717, 1.165) is 0 Å². The lowest BCUT2D eigenvalue weighted by atomic mass is 10.1. The van der Waals surface area contributed by atoms with Gasteiger partial charge in [-0.1, -0.05) is 39.8 Å². The number of benzene rings is 2. The molecule has 0 bridgehead atoms. The maximum Gasteiger partial charge on any atom is 0.260 e. The van der Waals surface area contributed by atoms with Crippen molar-refractivity contribution in [3.05, 3.63) is 89.2 Å². The Morgan fingerprint density at radius 3 is 1.40 bits per heavy atom. The maximum atomic E-state index is 11.9. The second-order valence-corrected chi connectivity index (χ2v) is 8.33. The minimum atomic E-state index is -0.426. The van der Waals surface area contributed by atoms with E-state index in [1.807, 2.05) is 18.2 Å². The summed E-state index contributed by atoms with van der Waals surface area (Å²) in [4.78, 5) is 52.3.